The summed E-state index contributed by atoms with van der Waals surface area (Å²) in [5, 5.41) is 0. The van der Waals surface area contributed by atoms with Gasteiger partial charge in [0, 0.05) is 36.6 Å². The molecule has 1 saturated heterocycles. The van der Waals surface area contributed by atoms with Gasteiger partial charge in [0.2, 0.25) is 0 Å². The van der Waals surface area contributed by atoms with Crippen LogP contribution in [0.5, 0.6) is 0 Å². The largest absolute Gasteiger partial charge is 0.329 e. The number of carbonyl (C=O) groups excluding carboxylic acids is 1. The Bertz CT molecular complexity index is 1060. The van der Waals surface area contributed by atoms with Crippen LogP contribution in [-0.2, 0) is 4.79 Å². The molecule has 31 heavy (non-hydrogen) atoms. The van der Waals surface area contributed by atoms with E-state index in [4.69, 9.17) is 0 Å². The molecule has 0 bridgehead atoms. The number of rotatable bonds is 3. The van der Waals surface area contributed by atoms with Gasteiger partial charge in [-0.2, -0.15) is 0 Å². The molecule has 0 atom stereocenters. The van der Waals surface area contributed by atoms with Crippen molar-refractivity contribution in [1.29, 1.82) is 0 Å². The van der Waals surface area contributed by atoms with Gasteiger partial charge in [0.15, 0.2) is 0 Å². The molecule has 0 aliphatic carbocycles. The van der Waals surface area contributed by atoms with Gasteiger partial charge in [0.05, 0.1) is 11.6 Å². The average molecular weight is 477 g/mol. The van der Waals surface area contributed by atoms with E-state index in [0.29, 0.717) is 17.6 Å². The summed E-state index contributed by atoms with van der Waals surface area (Å²) >= 11 is 3.22. The van der Waals surface area contributed by atoms with Crippen molar-refractivity contribution in [1.82, 2.24) is 9.80 Å². The Kier molecular flexibility index (Phi) is 6.81. The molecular formula is C26H22BrFN2O. The first-order valence-electron chi connectivity index (χ1n) is 10.2. The maximum absolute atomic E-state index is 13.9. The van der Waals surface area contributed by atoms with Crippen LogP contribution < -0.4 is 0 Å². The number of nitrogens with zero attached hydrogens (tertiary/aromatic N) is 2. The van der Waals surface area contributed by atoms with Crippen molar-refractivity contribution in [2.45, 2.75) is 6.04 Å². The van der Waals surface area contributed by atoms with Crippen LogP contribution in [0.3, 0.4) is 0 Å². The van der Waals surface area contributed by atoms with Crippen LogP contribution >= 0.6 is 15.9 Å². The van der Waals surface area contributed by atoms with Crippen LogP contribution in [0.1, 0.15) is 22.7 Å². The van der Waals surface area contributed by atoms with E-state index in [1.54, 1.807) is 17.0 Å². The Morgan fingerprint density at radius 3 is 2.00 bits per heavy atom. The topological polar surface area (TPSA) is 23.6 Å². The van der Waals surface area contributed by atoms with Crippen LogP contribution in [0.2, 0.25) is 0 Å². The Morgan fingerprint density at radius 1 is 0.871 bits per heavy atom. The van der Waals surface area contributed by atoms with Gasteiger partial charge in [-0.1, -0.05) is 82.5 Å². The lowest BCUT2D eigenvalue weighted by molar-refractivity contribution is -0.127. The van der Waals surface area contributed by atoms with E-state index in [9.17, 15) is 9.18 Å². The van der Waals surface area contributed by atoms with Gasteiger partial charge < -0.3 is 4.90 Å². The van der Waals surface area contributed by atoms with Crippen molar-refractivity contribution >= 4 is 21.8 Å². The van der Waals surface area contributed by atoms with Crippen LogP contribution in [-0.4, -0.2) is 41.9 Å². The molecule has 4 rings (SSSR count). The lowest BCUT2D eigenvalue weighted by Gasteiger charge is -2.39. The summed E-state index contributed by atoms with van der Waals surface area (Å²) < 4.78 is 14.6. The molecule has 1 aliphatic heterocycles. The van der Waals surface area contributed by atoms with Crippen molar-refractivity contribution in [3.05, 3.63) is 106 Å². The molecule has 1 heterocycles. The summed E-state index contributed by atoms with van der Waals surface area (Å²) in [5.74, 6) is 4.57. The van der Waals surface area contributed by atoms with E-state index in [1.807, 2.05) is 12.1 Å². The van der Waals surface area contributed by atoms with E-state index in [-0.39, 0.29) is 17.5 Å². The van der Waals surface area contributed by atoms with Gasteiger partial charge in [0.1, 0.15) is 5.82 Å². The highest BCUT2D eigenvalue weighted by atomic mass is 79.9. The van der Waals surface area contributed by atoms with Crippen LogP contribution in [0.4, 0.5) is 4.39 Å². The maximum Gasteiger partial charge on any atom is 0.298 e. The van der Waals surface area contributed by atoms with E-state index in [1.165, 1.54) is 17.2 Å². The second-order valence-corrected chi connectivity index (χ2v) is 8.34. The molecule has 0 radical (unpaired) electrons. The fraction of sp³-hybridized carbons (Fsp3) is 0.192. The first kappa shape index (κ1) is 21.3. The van der Waals surface area contributed by atoms with Gasteiger partial charge in [-0.05, 0) is 29.3 Å². The monoisotopic (exact) mass is 476 g/mol. The maximum atomic E-state index is 13.9. The van der Waals surface area contributed by atoms with Crippen LogP contribution in [0.25, 0.3) is 0 Å². The minimum Gasteiger partial charge on any atom is -0.329 e. The number of carbonyl (C=O) groups is 1. The molecule has 3 aromatic rings. The highest BCUT2D eigenvalue weighted by Crippen LogP contribution is 2.29. The SMILES string of the molecule is O=C(C#Cc1ccc(Br)cc1F)N1CCN(C(c2ccccc2)c2ccccc2)CC1. The van der Waals surface area contributed by atoms with Gasteiger partial charge in [-0.15, -0.1) is 0 Å². The molecule has 5 heteroatoms. The first-order valence-corrected chi connectivity index (χ1v) is 11.0. The summed E-state index contributed by atoms with van der Waals surface area (Å²) in [6.45, 7) is 2.67. The van der Waals surface area contributed by atoms with Gasteiger partial charge in [-0.25, -0.2) is 4.39 Å². The van der Waals surface area contributed by atoms with Crippen molar-refractivity contribution in [2.24, 2.45) is 0 Å². The van der Waals surface area contributed by atoms with Crippen molar-refractivity contribution in [2.75, 3.05) is 26.2 Å². The van der Waals surface area contributed by atoms with Crippen molar-refractivity contribution < 1.29 is 9.18 Å². The fourth-order valence-electron chi connectivity index (χ4n) is 3.86. The zero-order valence-corrected chi connectivity index (χ0v) is 18.6. The number of amides is 1. The molecule has 3 aromatic carbocycles. The normalized spacial score (nSPS) is 14.2. The standard InChI is InChI=1S/C26H22BrFN2O/c27-23-13-11-20(24(28)19-23)12-14-25(31)29-15-17-30(18-16-29)26(21-7-3-1-4-8-21)22-9-5-2-6-10-22/h1-11,13,19,26H,15-18H2. The molecule has 0 saturated carbocycles. The second-order valence-electron chi connectivity index (χ2n) is 7.43. The lowest BCUT2D eigenvalue weighted by atomic mass is 9.96. The highest BCUT2D eigenvalue weighted by molar-refractivity contribution is 9.10. The van der Waals surface area contributed by atoms with E-state index >= 15 is 0 Å². The summed E-state index contributed by atoms with van der Waals surface area (Å²) in [6, 6.07) is 25.6. The molecule has 0 unspecified atom stereocenters. The summed E-state index contributed by atoms with van der Waals surface area (Å²) in [5.41, 5.74) is 2.70. The summed E-state index contributed by atoms with van der Waals surface area (Å²) in [7, 11) is 0. The van der Waals surface area contributed by atoms with Crippen LogP contribution in [0, 0.1) is 17.7 Å². The Labute approximate surface area is 190 Å². The number of piperazine rings is 1. The molecule has 0 N–H and O–H groups in total. The van der Waals surface area contributed by atoms with Crippen molar-refractivity contribution in [3.63, 3.8) is 0 Å². The number of hydrogen-bond donors (Lipinski definition) is 0. The van der Waals surface area contributed by atoms with Crippen LogP contribution in [0.15, 0.2) is 83.3 Å². The third-order valence-electron chi connectivity index (χ3n) is 5.43. The predicted octanol–water partition coefficient (Wildman–Crippen LogP) is 4.87. The Hall–Kier alpha value is -2.94. The Balaban J connectivity index is 1.46. The number of benzene rings is 3. The van der Waals surface area contributed by atoms with Gasteiger partial charge in [0.25, 0.3) is 5.91 Å². The third kappa shape index (κ3) is 5.22. The second kappa shape index (κ2) is 9.91. The predicted molar refractivity (Wildman–Crippen MR) is 124 cm³/mol. The molecular weight excluding hydrogens is 455 g/mol. The first-order chi connectivity index (χ1) is 15.1. The molecule has 0 aromatic heterocycles. The smallest absolute Gasteiger partial charge is 0.298 e. The highest BCUT2D eigenvalue weighted by Gasteiger charge is 2.27. The summed E-state index contributed by atoms with van der Waals surface area (Å²) in [6.07, 6.45) is 0. The van der Waals surface area contributed by atoms with Crippen molar-refractivity contribution in [3.8, 4) is 11.8 Å². The van der Waals surface area contributed by atoms with E-state index in [2.05, 4.69) is 81.2 Å². The minimum atomic E-state index is -0.437. The zero-order chi connectivity index (χ0) is 21.6. The number of hydrogen-bond acceptors (Lipinski definition) is 2. The molecule has 3 nitrogen and oxygen atoms in total. The average Bonchev–Trinajstić information content (AvgIpc) is 2.80. The molecule has 1 amide bonds. The number of halogens is 2. The van der Waals surface area contributed by atoms with Gasteiger partial charge >= 0.3 is 0 Å². The molecule has 0 spiro atoms. The fourth-order valence-corrected chi connectivity index (χ4v) is 4.19. The van der Waals surface area contributed by atoms with E-state index in [0.717, 1.165) is 13.1 Å². The Morgan fingerprint density at radius 2 is 1.45 bits per heavy atom. The minimum absolute atomic E-state index is 0.141. The third-order valence-corrected chi connectivity index (χ3v) is 5.93. The van der Waals surface area contributed by atoms with E-state index < -0.39 is 5.82 Å². The summed E-state index contributed by atoms with van der Waals surface area (Å²) in [4.78, 5) is 16.7. The molecule has 156 valence electrons. The zero-order valence-electron chi connectivity index (χ0n) is 17.0. The molecule has 1 fully saturated rings. The van der Waals surface area contributed by atoms with Gasteiger partial charge in [-0.3, -0.25) is 9.69 Å². The quantitative estimate of drug-likeness (QED) is 0.503. The lowest BCUT2D eigenvalue weighted by Crippen LogP contribution is -2.49. The molecule has 1 aliphatic rings.